The van der Waals surface area contributed by atoms with Gasteiger partial charge in [0.2, 0.25) is 0 Å². The first-order valence-corrected chi connectivity index (χ1v) is 5.58. The highest BCUT2D eigenvalue weighted by molar-refractivity contribution is 9.10. The van der Waals surface area contributed by atoms with Gasteiger partial charge in [0.15, 0.2) is 0 Å². The molecule has 0 aliphatic carbocycles. The molecule has 1 aromatic carbocycles. The van der Waals surface area contributed by atoms with Crippen LogP contribution in [0.25, 0.3) is 11.0 Å². The van der Waals surface area contributed by atoms with E-state index in [9.17, 15) is 4.79 Å². The number of aromatic amines is 2. The number of nitrogens with one attached hydrogen (secondary N) is 2. The molecule has 0 spiro atoms. The molecule has 0 saturated carbocycles. The number of halogens is 1. The van der Waals surface area contributed by atoms with Crippen molar-refractivity contribution in [1.82, 2.24) is 9.97 Å². The zero-order valence-corrected chi connectivity index (χ0v) is 9.89. The molecule has 2 aromatic rings. The van der Waals surface area contributed by atoms with E-state index in [1.54, 1.807) is 0 Å². The maximum atomic E-state index is 11.1. The van der Waals surface area contributed by atoms with E-state index in [2.05, 4.69) is 25.9 Å². The van der Waals surface area contributed by atoms with Crippen molar-refractivity contribution in [3.63, 3.8) is 0 Å². The summed E-state index contributed by atoms with van der Waals surface area (Å²) in [5, 5.41) is 0. The maximum Gasteiger partial charge on any atom is 0.323 e. The minimum absolute atomic E-state index is 0.0119. The van der Waals surface area contributed by atoms with Gasteiger partial charge in [0, 0.05) is 10.5 Å². The highest BCUT2D eigenvalue weighted by Gasteiger charge is 2.10. The Morgan fingerprint density at radius 1 is 1.40 bits per heavy atom. The van der Waals surface area contributed by atoms with E-state index in [1.807, 2.05) is 19.1 Å². The first-order chi connectivity index (χ1) is 7.11. The lowest BCUT2D eigenvalue weighted by Crippen LogP contribution is -2.09. The largest absolute Gasteiger partial charge is 0.324 e. The predicted octanol–water partition coefficient (Wildman–Crippen LogP) is 2.03. The predicted molar refractivity (Wildman–Crippen MR) is 63.8 cm³/mol. The number of H-pyrrole nitrogens is 2. The zero-order chi connectivity index (χ0) is 11.0. The monoisotopic (exact) mass is 269 g/mol. The van der Waals surface area contributed by atoms with Crippen LogP contribution in [0, 0.1) is 0 Å². The number of nitrogens with two attached hydrogens (primary N) is 1. The van der Waals surface area contributed by atoms with Crippen LogP contribution in [-0.4, -0.2) is 9.97 Å². The van der Waals surface area contributed by atoms with Crippen molar-refractivity contribution < 1.29 is 0 Å². The Bertz CT molecular complexity index is 543. The van der Waals surface area contributed by atoms with Gasteiger partial charge < -0.3 is 15.7 Å². The van der Waals surface area contributed by atoms with E-state index in [0.29, 0.717) is 0 Å². The molecular weight excluding hydrogens is 258 g/mol. The average molecular weight is 270 g/mol. The summed E-state index contributed by atoms with van der Waals surface area (Å²) in [6.07, 6.45) is 0.860. The summed E-state index contributed by atoms with van der Waals surface area (Å²) in [5.41, 5.74) is 8.36. The van der Waals surface area contributed by atoms with E-state index in [1.165, 1.54) is 0 Å². The van der Waals surface area contributed by atoms with E-state index in [4.69, 9.17) is 5.73 Å². The summed E-state index contributed by atoms with van der Waals surface area (Å²) in [4.78, 5) is 16.5. The molecule has 0 amide bonds. The zero-order valence-electron chi connectivity index (χ0n) is 8.30. The number of aromatic nitrogens is 2. The normalized spacial score (nSPS) is 13.3. The van der Waals surface area contributed by atoms with Crippen molar-refractivity contribution in [1.29, 1.82) is 0 Å². The second-order valence-corrected chi connectivity index (χ2v) is 4.37. The van der Waals surface area contributed by atoms with Gasteiger partial charge in [0.1, 0.15) is 0 Å². The SMILES string of the molecule is CCC(N)c1cc2[nH]c(=O)[nH]c2cc1Br. The molecule has 0 saturated heterocycles. The van der Waals surface area contributed by atoms with Crippen LogP contribution in [0.2, 0.25) is 0 Å². The van der Waals surface area contributed by atoms with Gasteiger partial charge in [-0.15, -0.1) is 0 Å². The van der Waals surface area contributed by atoms with Gasteiger partial charge >= 0.3 is 5.69 Å². The van der Waals surface area contributed by atoms with Crippen molar-refractivity contribution in [2.24, 2.45) is 5.73 Å². The fourth-order valence-corrected chi connectivity index (χ4v) is 2.21. The fraction of sp³-hybridized carbons (Fsp3) is 0.300. The molecule has 80 valence electrons. The Morgan fingerprint density at radius 2 is 2.00 bits per heavy atom. The standard InChI is InChI=1S/C10H12BrN3O/c1-2-7(12)5-3-8-9(4-6(5)11)14-10(15)13-8/h3-4,7H,2,12H2,1H3,(H2,13,14,15). The molecule has 4 N–H and O–H groups in total. The molecule has 4 nitrogen and oxygen atoms in total. The molecule has 0 fully saturated rings. The Hall–Kier alpha value is -1.07. The molecule has 0 aliphatic heterocycles. The molecule has 2 rings (SSSR count). The molecule has 0 radical (unpaired) electrons. The Labute approximate surface area is 95.0 Å². The van der Waals surface area contributed by atoms with Gasteiger partial charge in [-0.05, 0) is 24.1 Å². The van der Waals surface area contributed by atoms with Crippen LogP contribution in [0.3, 0.4) is 0 Å². The number of hydrogen-bond acceptors (Lipinski definition) is 2. The fourth-order valence-electron chi connectivity index (χ4n) is 1.58. The first-order valence-electron chi connectivity index (χ1n) is 4.79. The summed E-state index contributed by atoms with van der Waals surface area (Å²) < 4.78 is 0.930. The summed E-state index contributed by atoms with van der Waals surface area (Å²) in [5.74, 6) is 0. The number of imidazole rings is 1. The van der Waals surface area contributed by atoms with E-state index >= 15 is 0 Å². The van der Waals surface area contributed by atoms with Gasteiger partial charge in [0.25, 0.3) is 0 Å². The van der Waals surface area contributed by atoms with Crippen molar-refractivity contribution in [2.45, 2.75) is 19.4 Å². The van der Waals surface area contributed by atoms with Crippen LogP contribution in [0.4, 0.5) is 0 Å². The Kier molecular flexibility index (Phi) is 2.67. The minimum Gasteiger partial charge on any atom is -0.324 e. The lowest BCUT2D eigenvalue weighted by atomic mass is 10.1. The summed E-state index contributed by atoms with van der Waals surface area (Å²) in [7, 11) is 0. The Morgan fingerprint density at radius 3 is 2.60 bits per heavy atom. The molecule has 1 atom stereocenters. The molecule has 15 heavy (non-hydrogen) atoms. The van der Waals surface area contributed by atoms with Crippen molar-refractivity contribution in [3.8, 4) is 0 Å². The summed E-state index contributed by atoms with van der Waals surface area (Å²) in [6, 6.07) is 3.77. The second-order valence-electron chi connectivity index (χ2n) is 3.51. The van der Waals surface area contributed by atoms with Gasteiger partial charge in [-0.1, -0.05) is 22.9 Å². The van der Waals surface area contributed by atoms with Gasteiger partial charge in [-0.25, -0.2) is 4.79 Å². The summed E-state index contributed by atoms with van der Waals surface area (Å²) in [6.45, 7) is 2.03. The lowest BCUT2D eigenvalue weighted by Gasteiger charge is -2.11. The third kappa shape index (κ3) is 1.85. The minimum atomic E-state index is -0.195. The van der Waals surface area contributed by atoms with Crippen LogP contribution in [0.5, 0.6) is 0 Å². The third-order valence-corrected chi connectivity index (χ3v) is 3.16. The number of rotatable bonds is 2. The second kappa shape index (κ2) is 3.83. The van der Waals surface area contributed by atoms with Crippen molar-refractivity contribution in [3.05, 3.63) is 32.7 Å². The van der Waals surface area contributed by atoms with Gasteiger partial charge in [0.05, 0.1) is 11.0 Å². The van der Waals surface area contributed by atoms with Crippen LogP contribution >= 0.6 is 15.9 Å². The molecule has 1 unspecified atom stereocenters. The quantitative estimate of drug-likeness (QED) is 0.781. The average Bonchev–Trinajstić information content (AvgIpc) is 2.55. The molecule has 5 heteroatoms. The van der Waals surface area contributed by atoms with Gasteiger partial charge in [-0.3, -0.25) is 0 Å². The van der Waals surface area contributed by atoms with E-state index in [-0.39, 0.29) is 11.7 Å². The van der Waals surface area contributed by atoms with Crippen molar-refractivity contribution >= 4 is 27.0 Å². The van der Waals surface area contributed by atoms with Crippen LogP contribution in [0.15, 0.2) is 21.4 Å². The molecular formula is C10H12BrN3O. The van der Waals surface area contributed by atoms with Gasteiger partial charge in [-0.2, -0.15) is 0 Å². The van der Waals surface area contributed by atoms with Crippen LogP contribution in [0.1, 0.15) is 24.9 Å². The highest BCUT2D eigenvalue weighted by atomic mass is 79.9. The first kappa shape index (κ1) is 10.4. The molecule has 1 heterocycles. The van der Waals surface area contributed by atoms with E-state index < -0.39 is 0 Å². The topological polar surface area (TPSA) is 74.7 Å². The maximum absolute atomic E-state index is 11.1. The number of hydrogen-bond donors (Lipinski definition) is 3. The third-order valence-electron chi connectivity index (χ3n) is 2.47. The Balaban J connectivity index is 2.66. The van der Waals surface area contributed by atoms with Crippen LogP contribution in [-0.2, 0) is 0 Å². The molecule has 0 aliphatic rings. The highest BCUT2D eigenvalue weighted by Crippen LogP contribution is 2.27. The molecule has 0 bridgehead atoms. The smallest absolute Gasteiger partial charge is 0.323 e. The lowest BCUT2D eigenvalue weighted by molar-refractivity contribution is 0.696. The number of fused-ring (bicyclic) bond motifs is 1. The van der Waals surface area contributed by atoms with Crippen molar-refractivity contribution in [2.75, 3.05) is 0 Å². The van der Waals surface area contributed by atoms with E-state index in [0.717, 1.165) is 27.5 Å². The summed E-state index contributed by atoms with van der Waals surface area (Å²) >= 11 is 3.45. The van der Waals surface area contributed by atoms with Crippen LogP contribution < -0.4 is 11.4 Å². The molecule has 1 aromatic heterocycles. The number of benzene rings is 1.